The first-order valence-electron chi connectivity index (χ1n) is 4.22. The fourth-order valence-corrected chi connectivity index (χ4v) is 1.28. The molecule has 0 N–H and O–H groups in total. The Balaban J connectivity index is 3.09. The minimum Gasteiger partial charge on any atom is -0.462 e. The predicted octanol–water partition coefficient (Wildman–Crippen LogP) is 2.60. The van der Waals surface area contributed by atoms with Crippen LogP contribution in [-0.4, -0.2) is 12.6 Å². The molecule has 0 saturated heterocycles. The Morgan fingerprint density at radius 2 is 2.21 bits per heavy atom. The Bertz CT molecular complexity index is 363. The van der Waals surface area contributed by atoms with E-state index in [1.54, 1.807) is 13.8 Å². The maximum atomic E-state index is 13.0. The molecule has 0 atom stereocenters. The summed E-state index contributed by atoms with van der Waals surface area (Å²) in [6, 6.07) is 2.65. The highest BCUT2D eigenvalue weighted by atomic mass is 32.1. The summed E-state index contributed by atoms with van der Waals surface area (Å²) in [5, 5.41) is 0. The summed E-state index contributed by atoms with van der Waals surface area (Å²) in [4.78, 5) is 11.5. The SMILES string of the molecule is CCOC(=O)c1cc(S)c(F)cc1C. The Morgan fingerprint density at radius 1 is 1.57 bits per heavy atom. The summed E-state index contributed by atoms with van der Waals surface area (Å²) in [5.41, 5.74) is 0.914. The molecule has 0 fully saturated rings. The lowest BCUT2D eigenvalue weighted by Gasteiger charge is -2.06. The summed E-state index contributed by atoms with van der Waals surface area (Å²) in [6.07, 6.45) is 0. The van der Waals surface area contributed by atoms with Crippen LogP contribution in [0, 0.1) is 12.7 Å². The average molecular weight is 214 g/mol. The van der Waals surface area contributed by atoms with Crippen molar-refractivity contribution in [2.75, 3.05) is 6.61 Å². The quantitative estimate of drug-likeness (QED) is 0.605. The number of benzene rings is 1. The van der Waals surface area contributed by atoms with Crippen LogP contribution in [0.25, 0.3) is 0 Å². The number of halogens is 1. The number of hydrogen-bond acceptors (Lipinski definition) is 3. The summed E-state index contributed by atoms with van der Waals surface area (Å²) in [5.74, 6) is -0.876. The molecule has 0 heterocycles. The van der Waals surface area contributed by atoms with E-state index >= 15 is 0 Å². The van der Waals surface area contributed by atoms with E-state index in [-0.39, 0.29) is 4.90 Å². The number of aryl methyl sites for hydroxylation is 1. The Labute approximate surface area is 87.5 Å². The first-order chi connectivity index (χ1) is 6.56. The lowest BCUT2D eigenvalue weighted by molar-refractivity contribution is 0.0525. The zero-order valence-electron chi connectivity index (χ0n) is 8.00. The van der Waals surface area contributed by atoms with Gasteiger partial charge in [-0.05, 0) is 31.5 Å². The second-order valence-corrected chi connectivity index (χ2v) is 3.32. The molecule has 14 heavy (non-hydrogen) atoms. The lowest BCUT2D eigenvalue weighted by Crippen LogP contribution is -2.07. The summed E-state index contributed by atoms with van der Waals surface area (Å²) < 4.78 is 17.8. The third kappa shape index (κ3) is 2.26. The summed E-state index contributed by atoms with van der Waals surface area (Å²) in [6.45, 7) is 3.68. The molecule has 2 nitrogen and oxygen atoms in total. The molecule has 4 heteroatoms. The van der Waals surface area contributed by atoms with E-state index in [4.69, 9.17) is 4.74 Å². The van der Waals surface area contributed by atoms with Crippen LogP contribution in [0.3, 0.4) is 0 Å². The maximum Gasteiger partial charge on any atom is 0.338 e. The highest BCUT2D eigenvalue weighted by molar-refractivity contribution is 7.80. The van der Waals surface area contributed by atoms with E-state index in [0.717, 1.165) is 0 Å². The van der Waals surface area contributed by atoms with Gasteiger partial charge in [0.15, 0.2) is 0 Å². The molecule has 76 valence electrons. The van der Waals surface area contributed by atoms with Gasteiger partial charge in [-0.25, -0.2) is 9.18 Å². The van der Waals surface area contributed by atoms with Gasteiger partial charge in [-0.3, -0.25) is 0 Å². The second kappa shape index (κ2) is 4.46. The summed E-state index contributed by atoms with van der Waals surface area (Å²) >= 11 is 3.89. The smallest absolute Gasteiger partial charge is 0.338 e. The minimum atomic E-state index is -0.444. The number of ether oxygens (including phenoxy) is 1. The van der Waals surface area contributed by atoms with E-state index in [0.29, 0.717) is 17.7 Å². The van der Waals surface area contributed by atoms with E-state index in [1.165, 1.54) is 12.1 Å². The molecule has 0 amide bonds. The van der Waals surface area contributed by atoms with Crippen molar-refractivity contribution in [3.63, 3.8) is 0 Å². The molecule has 0 aliphatic rings. The molecule has 0 radical (unpaired) electrons. The third-order valence-corrected chi connectivity index (χ3v) is 2.13. The van der Waals surface area contributed by atoms with Crippen LogP contribution in [0.15, 0.2) is 17.0 Å². The molecule has 0 aliphatic heterocycles. The topological polar surface area (TPSA) is 26.3 Å². The summed E-state index contributed by atoms with van der Waals surface area (Å²) in [7, 11) is 0. The van der Waals surface area contributed by atoms with Gasteiger partial charge in [0.05, 0.1) is 12.2 Å². The van der Waals surface area contributed by atoms with E-state index in [1.807, 2.05) is 0 Å². The van der Waals surface area contributed by atoms with Crippen molar-refractivity contribution in [2.45, 2.75) is 18.7 Å². The molecule has 1 aromatic carbocycles. The molecular weight excluding hydrogens is 203 g/mol. The zero-order chi connectivity index (χ0) is 10.7. The van der Waals surface area contributed by atoms with E-state index < -0.39 is 11.8 Å². The van der Waals surface area contributed by atoms with Gasteiger partial charge < -0.3 is 4.74 Å². The van der Waals surface area contributed by atoms with Crippen molar-refractivity contribution in [3.8, 4) is 0 Å². The molecule has 0 aromatic heterocycles. The van der Waals surface area contributed by atoms with Crippen molar-refractivity contribution in [2.24, 2.45) is 0 Å². The van der Waals surface area contributed by atoms with Gasteiger partial charge in [-0.1, -0.05) is 0 Å². The van der Waals surface area contributed by atoms with Crippen LogP contribution in [0.4, 0.5) is 4.39 Å². The number of carbonyl (C=O) groups is 1. The Morgan fingerprint density at radius 3 is 2.79 bits per heavy atom. The highest BCUT2D eigenvalue weighted by Gasteiger charge is 2.12. The zero-order valence-corrected chi connectivity index (χ0v) is 8.90. The number of esters is 1. The van der Waals surface area contributed by atoms with Crippen molar-refractivity contribution in [3.05, 3.63) is 29.1 Å². The fourth-order valence-electron chi connectivity index (χ4n) is 1.09. The van der Waals surface area contributed by atoms with Crippen LogP contribution in [0.5, 0.6) is 0 Å². The van der Waals surface area contributed by atoms with Gasteiger partial charge in [-0.2, -0.15) is 0 Å². The van der Waals surface area contributed by atoms with Crippen molar-refractivity contribution in [1.82, 2.24) is 0 Å². The number of thiol groups is 1. The van der Waals surface area contributed by atoms with Gasteiger partial charge in [0.1, 0.15) is 5.82 Å². The molecule has 0 bridgehead atoms. The number of hydrogen-bond donors (Lipinski definition) is 1. The van der Waals surface area contributed by atoms with Gasteiger partial charge >= 0.3 is 5.97 Å². The van der Waals surface area contributed by atoms with E-state index in [2.05, 4.69) is 12.6 Å². The second-order valence-electron chi connectivity index (χ2n) is 2.84. The first-order valence-corrected chi connectivity index (χ1v) is 4.67. The molecule has 1 rings (SSSR count). The normalized spacial score (nSPS) is 10.0. The molecule has 0 spiro atoms. The molecule has 0 aliphatic carbocycles. The van der Waals surface area contributed by atoms with Crippen LogP contribution in [0.2, 0.25) is 0 Å². The van der Waals surface area contributed by atoms with E-state index in [9.17, 15) is 9.18 Å². The number of rotatable bonds is 2. The predicted molar refractivity (Wildman–Crippen MR) is 54.3 cm³/mol. The average Bonchev–Trinajstić information content (AvgIpc) is 2.11. The van der Waals surface area contributed by atoms with Crippen molar-refractivity contribution < 1.29 is 13.9 Å². The van der Waals surface area contributed by atoms with Crippen LogP contribution < -0.4 is 0 Å². The van der Waals surface area contributed by atoms with Gasteiger partial charge in [0, 0.05) is 4.90 Å². The van der Waals surface area contributed by atoms with Gasteiger partial charge in [0.25, 0.3) is 0 Å². The van der Waals surface area contributed by atoms with Crippen molar-refractivity contribution >= 4 is 18.6 Å². The largest absolute Gasteiger partial charge is 0.462 e. The van der Waals surface area contributed by atoms with Crippen molar-refractivity contribution in [1.29, 1.82) is 0 Å². The minimum absolute atomic E-state index is 0.152. The molecule has 0 unspecified atom stereocenters. The van der Waals surface area contributed by atoms with Crippen LogP contribution in [0.1, 0.15) is 22.8 Å². The Kier molecular flexibility index (Phi) is 3.52. The molecule has 1 aromatic rings. The first kappa shape index (κ1) is 11.0. The van der Waals surface area contributed by atoms with Crippen LogP contribution >= 0.6 is 12.6 Å². The maximum absolute atomic E-state index is 13.0. The van der Waals surface area contributed by atoms with Gasteiger partial charge in [-0.15, -0.1) is 12.6 Å². The number of carbonyl (C=O) groups excluding carboxylic acids is 1. The van der Waals surface area contributed by atoms with Crippen LogP contribution in [-0.2, 0) is 4.74 Å². The molecule has 0 saturated carbocycles. The molecular formula is C10H11FO2S. The monoisotopic (exact) mass is 214 g/mol. The Hall–Kier alpha value is -1.03. The lowest BCUT2D eigenvalue weighted by atomic mass is 10.1. The highest BCUT2D eigenvalue weighted by Crippen LogP contribution is 2.19. The van der Waals surface area contributed by atoms with Gasteiger partial charge in [0.2, 0.25) is 0 Å². The standard InChI is InChI=1S/C10H11FO2S/c1-3-13-10(12)7-5-9(14)8(11)4-6(7)2/h4-5,14H,3H2,1-2H3. The fraction of sp³-hybridized carbons (Fsp3) is 0.300. The third-order valence-electron chi connectivity index (χ3n) is 1.79.